The molecule has 1 fully saturated rings. The van der Waals surface area contributed by atoms with E-state index in [4.69, 9.17) is 11.6 Å². The minimum atomic E-state index is -0.898. The molecule has 2 unspecified atom stereocenters. The average molecular weight is 299 g/mol. The average Bonchev–Trinajstić information content (AvgIpc) is 2.72. The fraction of sp³-hybridized carbons (Fsp3) is 0.462. The monoisotopic (exact) mass is 298 g/mol. The summed E-state index contributed by atoms with van der Waals surface area (Å²) in [5, 5.41) is 20.6. The van der Waals surface area contributed by atoms with Crippen LogP contribution in [0.3, 0.4) is 0 Å². The lowest BCUT2D eigenvalue weighted by atomic mass is 10.0. The van der Waals surface area contributed by atoms with Crippen molar-refractivity contribution in [2.75, 3.05) is 6.54 Å². The zero-order valence-corrected chi connectivity index (χ0v) is 11.7. The van der Waals surface area contributed by atoms with E-state index >= 15 is 0 Å². The van der Waals surface area contributed by atoms with Gasteiger partial charge in [0.1, 0.15) is 6.04 Å². The highest BCUT2D eigenvalue weighted by molar-refractivity contribution is 6.31. The summed E-state index contributed by atoms with van der Waals surface area (Å²) in [4.78, 5) is 23.6. The topological polar surface area (TPSA) is 83.7 Å². The molecule has 1 saturated heterocycles. The maximum Gasteiger partial charge on any atom is 0.321 e. The molecule has 0 radical (unpaired) electrons. The smallest absolute Gasteiger partial charge is 0.321 e. The van der Waals surface area contributed by atoms with Gasteiger partial charge in [-0.3, -0.25) is 19.8 Å². The molecule has 1 aromatic rings. The summed E-state index contributed by atoms with van der Waals surface area (Å²) in [6.45, 7) is 2.65. The van der Waals surface area contributed by atoms with Gasteiger partial charge >= 0.3 is 5.97 Å². The third-order valence-electron chi connectivity index (χ3n) is 3.71. The van der Waals surface area contributed by atoms with Gasteiger partial charge in [0, 0.05) is 12.6 Å². The van der Waals surface area contributed by atoms with E-state index in [-0.39, 0.29) is 18.2 Å². The highest BCUT2D eigenvalue weighted by atomic mass is 35.5. The Morgan fingerprint density at radius 1 is 1.60 bits per heavy atom. The van der Waals surface area contributed by atoms with Crippen LogP contribution in [-0.4, -0.2) is 33.5 Å². The minimum Gasteiger partial charge on any atom is -0.480 e. The van der Waals surface area contributed by atoms with Crippen molar-refractivity contribution in [2.45, 2.75) is 25.9 Å². The Kier molecular flexibility index (Phi) is 4.25. The summed E-state index contributed by atoms with van der Waals surface area (Å²) in [6, 6.07) is 3.87. The molecule has 1 N–H and O–H groups in total. The number of aliphatic carboxylic acids is 1. The predicted octanol–water partition coefficient (Wildman–Crippen LogP) is 2.54. The van der Waals surface area contributed by atoms with Crippen LogP contribution in [0, 0.1) is 16.0 Å². The molecule has 0 aliphatic carbocycles. The number of halogens is 1. The standard InChI is InChI=1S/C13H15ClN2O4/c1-8-5-6-15(12(8)13(17)18)7-9-10(14)3-2-4-11(9)16(19)20/h2-4,8,12H,5-7H2,1H3,(H,17,18). The van der Waals surface area contributed by atoms with Crippen molar-refractivity contribution in [3.05, 3.63) is 38.9 Å². The maximum atomic E-state index is 11.3. The molecule has 0 aromatic heterocycles. The molecule has 0 amide bonds. The van der Waals surface area contributed by atoms with Crippen LogP contribution in [0.5, 0.6) is 0 Å². The SMILES string of the molecule is CC1CCN(Cc2c(Cl)cccc2[N+](=O)[O-])C1C(=O)O. The van der Waals surface area contributed by atoms with Crippen LogP contribution < -0.4 is 0 Å². The lowest BCUT2D eigenvalue weighted by molar-refractivity contribution is -0.385. The first-order valence-electron chi connectivity index (χ1n) is 6.30. The summed E-state index contributed by atoms with van der Waals surface area (Å²) in [6.07, 6.45) is 0.759. The van der Waals surface area contributed by atoms with Gasteiger partial charge in [-0.25, -0.2) is 0 Å². The number of rotatable bonds is 4. The van der Waals surface area contributed by atoms with E-state index in [2.05, 4.69) is 0 Å². The molecule has 7 heteroatoms. The highest BCUT2D eigenvalue weighted by Gasteiger charge is 2.37. The molecule has 20 heavy (non-hydrogen) atoms. The zero-order chi connectivity index (χ0) is 14.9. The first-order valence-corrected chi connectivity index (χ1v) is 6.68. The van der Waals surface area contributed by atoms with Crippen LogP contribution in [0.1, 0.15) is 18.9 Å². The molecular formula is C13H15ClN2O4. The van der Waals surface area contributed by atoms with Crippen LogP contribution >= 0.6 is 11.6 Å². The van der Waals surface area contributed by atoms with Gasteiger partial charge in [0.05, 0.1) is 15.5 Å². The lowest BCUT2D eigenvalue weighted by Crippen LogP contribution is -2.38. The van der Waals surface area contributed by atoms with Crippen molar-refractivity contribution in [2.24, 2.45) is 5.92 Å². The van der Waals surface area contributed by atoms with Gasteiger partial charge in [0.15, 0.2) is 0 Å². The second-order valence-electron chi connectivity index (χ2n) is 5.01. The second-order valence-corrected chi connectivity index (χ2v) is 5.42. The third-order valence-corrected chi connectivity index (χ3v) is 4.06. The Morgan fingerprint density at radius 3 is 2.90 bits per heavy atom. The van der Waals surface area contributed by atoms with Crippen molar-refractivity contribution in [3.8, 4) is 0 Å². The Morgan fingerprint density at radius 2 is 2.30 bits per heavy atom. The van der Waals surface area contributed by atoms with Gasteiger partial charge in [-0.15, -0.1) is 0 Å². The molecule has 0 saturated carbocycles. The molecule has 2 atom stereocenters. The van der Waals surface area contributed by atoms with E-state index in [1.165, 1.54) is 12.1 Å². The number of carboxylic acids is 1. The first-order chi connectivity index (χ1) is 9.41. The number of carboxylic acid groups (broad SMARTS) is 1. The lowest BCUT2D eigenvalue weighted by Gasteiger charge is -2.23. The van der Waals surface area contributed by atoms with Crippen LogP contribution in [-0.2, 0) is 11.3 Å². The molecular weight excluding hydrogens is 284 g/mol. The van der Waals surface area contributed by atoms with Crippen molar-refractivity contribution in [1.82, 2.24) is 4.90 Å². The second kappa shape index (κ2) is 5.76. The van der Waals surface area contributed by atoms with E-state index in [9.17, 15) is 20.0 Å². The number of carbonyl (C=O) groups is 1. The van der Waals surface area contributed by atoms with Gasteiger partial charge in [0.25, 0.3) is 5.69 Å². The summed E-state index contributed by atoms with van der Waals surface area (Å²) < 4.78 is 0. The number of nitro benzene ring substituents is 1. The molecule has 1 heterocycles. The largest absolute Gasteiger partial charge is 0.480 e. The van der Waals surface area contributed by atoms with Gasteiger partial charge in [-0.2, -0.15) is 0 Å². The molecule has 6 nitrogen and oxygen atoms in total. The third kappa shape index (κ3) is 2.76. The number of benzene rings is 1. The van der Waals surface area contributed by atoms with E-state index in [0.717, 1.165) is 6.42 Å². The number of nitro groups is 1. The fourth-order valence-electron chi connectivity index (χ4n) is 2.68. The number of hydrogen-bond acceptors (Lipinski definition) is 4. The van der Waals surface area contributed by atoms with E-state index < -0.39 is 16.9 Å². The molecule has 1 aliphatic heterocycles. The van der Waals surface area contributed by atoms with Crippen molar-refractivity contribution in [3.63, 3.8) is 0 Å². The van der Waals surface area contributed by atoms with Crippen molar-refractivity contribution in [1.29, 1.82) is 0 Å². The van der Waals surface area contributed by atoms with E-state index in [1.807, 2.05) is 6.92 Å². The number of hydrogen-bond donors (Lipinski definition) is 1. The fourth-order valence-corrected chi connectivity index (χ4v) is 2.91. The molecule has 1 aromatic carbocycles. The normalized spacial score (nSPS) is 22.9. The Balaban J connectivity index is 2.30. The highest BCUT2D eigenvalue weighted by Crippen LogP contribution is 2.32. The molecule has 0 bridgehead atoms. The Hall–Kier alpha value is -1.66. The summed E-state index contributed by atoms with van der Waals surface area (Å²) in [5.74, 6) is -0.876. The van der Waals surface area contributed by atoms with Crippen LogP contribution in [0.25, 0.3) is 0 Å². The summed E-state index contributed by atoms with van der Waals surface area (Å²) in [5.41, 5.74) is 0.306. The molecule has 2 rings (SSSR count). The van der Waals surface area contributed by atoms with Gasteiger partial charge in [-0.05, 0) is 24.9 Å². The molecule has 0 spiro atoms. The number of nitrogens with zero attached hydrogens (tertiary/aromatic N) is 2. The van der Waals surface area contributed by atoms with Gasteiger partial charge in [-0.1, -0.05) is 24.6 Å². The van der Waals surface area contributed by atoms with E-state index in [1.54, 1.807) is 11.0 Å². The van der Waals surface area contributed by atoms with Gasteiger partial charge < -0.3 is 5.11 Å². The Labute approximate surface area is 121 Å². The molecule has 108 valence electrons. The Bertz CT molecular complexity index is 549. The maximum absolute atomic E-state index is 11.3. The predicted molar refractivity (Wildman–Crippen MR) is 73.7 cm³/mol. The minimum absolute atomic E-state index is 0.0223. The van der Waals surface area contributed by atoms with Crippen LogP contribution in [0.15, 0.2) is 18.2 Å². The van der Waals surface area contributed by atoms with E-state index in [0.29, 0.717) is 17.1 Å². The van der Waals surface area contributed by atoms with Crippen molar-refractivity contribution >= 4 is 23.3 Å². The van der Waals surface area contributed by atoms with Crippen LogP contribution in [0.2, 0.25) is 5.02 Å². The molecule has 1 aliphatic rings. The first kappa shape index (κ1) is 14.7. The summed E-state index contributed by atoms with van der Waals surface area (Å²) in [7, 11) is 0. The van der Waals surface area contributed by atoms with Crippen LogP contribution in [0.4, 0.5) is 5.69 Å². The zero-order valence-electron chi connectivity index (χ0n) is 11.0. The van der Waals surface area contributed by atoms with Crippen molar-refractivity contribution < 1.29 is 14.8 Å². The number of likely N-dealkylation sites (tertiary alicyclic amines) is 1. The van der Waals surface area contributed by atoms with Gasteiger partial charge in [0.2, 0.25) is 0 Å². The quantitative estimate of drug-likeness (QED) is 0.682. The summed E-state index contributed by atoms with van der Waals surface area (Å²) >= 11 is 6.04.